The van der Waals surface area contributed by atoms with Gasteiger partial charge in [-0.3, -0.25) is 14.4 Å². The van der Waals surface area contributed by atoms with Crippen molar-refractivity contribution in [1.82, 2.24) is 0 Å². The van der Waals surface area contributed by atoms with E-state index in [0.717, 1.165) is 16.7 Å². The van der Waals surface area contributed by atoms with Gasteiger partial charge in [0.05, 0.1) is 11.1 Å². The van der Waals surface area contributed by atoms with Crippen LogP contribution in [-0.2, 0) is 19.1 Å². The van der Waals surface area contributed by atoms with E-state index >= 15 is 0 Å². The third-order valence-electron chi connectivity index (χ3n) is 8.39. The summed E-state index contributed by atoms with van der Waals surface area (Å²) in [5.41, 5.74) is 4.31. The van der Waals surface area contributed by atoms with Gasteiger partial charge in [0.2, 0.25) is 0 Å². The minimum absolute atomic E-state index is 0.00199. The number of anilines is 1. The van der Waals surface area contributed by atoms with Crippen LogP contribution in [-0.4, -0.2) is 30.7 Å². The summed E-state index contributed by atoms with van der Waals surface area (Å²) in [6.07, 6.45) is 1.99. The number of hydrogen-bond acceptors (Lipinski definition) is 6. The van der Waals surface area contributed by atoms with Gasteiger partial charge in [0.15, 0.2) is 29.7 Å². The molecule has 0 unspecified atom stereocenters. The number of Topliss-reactive ketones (excluding diaryl/α,β-unsaturated/α-hetero) is 2. The Hall–Kier alpha value is -3.39. The zero-order valence-electron chi connectivity index (χ0n) is 26.0. The molecule has 0 atom stereocenters. The highest BCUT2D eigenvalue weighted by molar-refractivity contribution is 9.10. The quantitative estimate of drug-likeness (QED) is 0.328. The van der Waals surface area contributed by atoms with E-state index in [2.05, 4.69) is 48.9 Å². The van der Waals surface area contributed by atoms with E-state index in [1.54, 1.807) is 0 Å². The molecule has 2 aromatic carbocycles. The highest BCUT2D eigenvalue weighted by Crippen LogP contribution is 2.54. The van der Waals surface area contributed by atoms with Crippen LogP contribution in [0.25, 0.3) is 0 Å². The fraction of sp³-hybridized carbons (Fsp3) is 0.457. The molecular formula is C35H40BrNO6. The third-order valence-corrected chi connectivity index (χ3v) is 8.97. The topological polar surface area (TPSA) is 90.9 Å². The van der Waals surface area contributed by atoms with Gasteiger partial charge < -0.3 is 19.5 Å². The van der Waals surface area contributed by atoms with Gasteiger partial charge in [0.1, 0.15) is 11.5 Å². The molecule has 3 aliphatic rings. The van der Waals surface area contributed by atoms with E-state index in [-0.39, 0.29) is 34.9 Å². The molecule has 0 radical (unpaired) electrons. The zero-order chi connectivity index (χ0) is 31.3. The highest BCUT2D eigenvalue weighted by Gasteiger charge is 2.48. The number of allylic oxidation sites excluding steroid dienone is 4. The number of halogens is 1. The number of ketones is 2. The molecule has 0 spiro atoms. The van der Waals surface area contributed by atoms with Gasteiger partial charge in [-0.2, -0.15) is 0 Å². The lowest BCUT2D eigenvalue weighted by atomic mass is 9.65. The number of ether oxygens (including phenoxy) is 3. The largest absolute Gasteiger partial charge is 0.490 e. The van der Waals surface area contributed by atoms with E-state index in [4.69, 9.17) is 14.2 Å². The Balaban J connectivity index is 1.51. The summed E-state index contributed by atoms with van der Waals surface area (Å²) in [5, 5.41) is 2.88. The first-order chi connectivity index (χ1) is 20.2. The molecule has 0 saturated carbocycles. The van der Waals surface area contributed by atoms with Crippen LogP contribution in [0.4, 0.5) is 5.69 Å². The van der Waals surface area contributed by atoms with Gasteiger partial charge in [-0.15, -0.1) is 0 Å². The number of rotatable bonds is 7. The SMILES string of the molecule is CCOc1cc(C2C3=C(CC(C)(C)CC3=O)OC3=C2C(=O)CC(C)(C)C3)cc(Br)c1OCC(=O)Nc1ccc(C)c(C)c1. The Morgan fingerprint density at radius 1 is 0.907 bits per heavy atom. The number of hydrogen-bond donors (Lipinski definition) is 1. The summed E-state index contributed by atoms with van der Waals surface area (Å²) < 4.78 is 19.0. The van der Waals surface area contributed by atoms with Gasteiger partial charge >= 0.3 is 0 Å². The molecular weight excluding hydrogens is 610 g/mol. The van der Waals surface area contributed by atoms with Crippen LogP contribution in [0.5, 0.6) is 11.5 Å². The fourth-order valence-electron chi connectivity index (χ4n) is 6.32. The third kappa shape index (κ3) is 6.44. The van der Waals surface area contributed by atoms with Crippen LogP contribution in [0.3, 0.4) is 0 Å². The summed E-state index contributed by atoms with van der Waals surface area (Å²) in [6.45, 7) is 14.3. The van der Waals surface area contributed by atoms with Crippen molar-refractivity contribution >= 4 is 39.1 Å². The molecule has 43 heavy (non-hydrogen) atoms. The van der Waals surface area contributed by atoms with Crippen LogP contribution in [0.1, 0.15) is 82.9 Å². The average Bonchev–Trinajstić information content (AvgIpc) is 2.87. The van der Waals surface area contributed by atoms with Crippen molar-refractivity contribution in [1.29, 1.82) is 0 Å². The maximum Gasteiger partial charge on any atom is 0.262 e. The van der Waals surface area contributed by atoms with Crippen molar-refractivity contribution in [2.45, 2.75) is 80.1 Å². The Morgan fingerprint density at radius 3 is 2.07 bits per heavy atom. The molecule has 1 amide bonds. The Labute approximate surface area is 262 Å². The Bertz CT molecular complexity index is 1530. The summed E-state index contributed by atoms with van der Waals surface area (Å²) in [6, 6.07) is 9.44. The minimum Gasteiger partial charge on any atom is -0.490 e. The molecule has 2 aromatic rings. The van der Waals surface area contributed by atoms with E-state index in [1.807, 2.05) is 51.1 Å². The zero-order valence-corrected chi connectivity index (χ0v) is 27.6. The lowest BCUT2D eigenvalue weighted by molar-refractivity contribution is -0.120. The number of carbonyl (C=O) groups excluding carboxylic acids is 3. The van der Waals surface area contributed by atoms with Crippen molar-refractivity contribution in [2.75, 3.05) is 18.5 Å². The second kappa shape index (κ2) is 11.6. The van der Waals surface area contributed by atoms with Gasteiger partial charge in [0, 0.05) is 48.4 Å². The summed E-state index contributed by atoms with van der Waals surface area (Å²) in [4.78, 5) is 40.1. The van der Waals surface area contributed by atoms with Gasteiger partial charge in [-0.25, -0.2) is 0 Å². The molecule has 228 valence electrons. The second-order valence-corrected chi connectivity index (χ2v) is 14.3. The van der Waals surface area contributed by atoms with Crippen molar-refractivity contribution in [3.8, 4) is 11.5 Å². The normalized spacial score (nSPS) is 19.4. The average molecular weight is 651 g/mol. The van der Waals surface area contributed by atoms with Crippen LogP contribution in [0, 0.1) is 24.7 Å². The molecule has 7 nitrogen and oxygen atoms in total. The van der Waals surface area contributed by atoms with Crippen molar-refractivity contribution in [2.24, 2.45) is 10.8 Å². The molecule has 1 aliphatic heterocycles. The monoisotopic (exact) mass is 649 g/mol. The van der Waals surface area contributed by atoms with Gasteiger partial charge in [0.25, 0.3) is 5.91 Å². The molecule has 2 aliphatic carbocycles. The molecule has 0 bridgehead atoms. The Morgan fingerprint density at radius 2 is 1.51 bits per heavy atom. The highest BCUT2D eigenvalue weighted by atomic mass is 79.9. The lowest BCUT2D eigenvalue weighted by Crippen LogP contribution is -2.37. The molecule has 5 rings (SSSR count). The number of aryl methyl sites for hydroxylation is 2. The molecule has 1 heterocycles. The molecule has 0 aromatic heterocycles. The van der Waals surface area contributed by atoms with Crippen LogP contribution in [0.15, 0.2) is 57.5 Å². The molecule has 0 saturated heterocycles. The smallest absolute Gasteiger partial charge is 0.262 e. The molecule has 1 N–H and O–H groups in total. The summed E-state index contributed by atoms with van der Waals surface area (Å²) in [5.74, 6) is 1.25. The standard InChI is InChI=1S/C35H40BrNO6/c1-8-41-26-13-21(12-23(36)33(26)42-18-29(40)37-22-10-9-19(2)20(3)11-22)30-31-24(38)14-34(4,5)16-27(31)43-28-17-35(6,7)15-25(39)32(28)30/h9-13,30H,8,14-18H2,1-7H3,(H,37,40). The maximum absolute atomic E-state index is 13.7. The maximum atomic E-state index is 13.7. The second-order valence-electron chi connectivity index (χ2n) is 13.5. The van der Waals surface area contributed by atoms with Crippen LogP contribution in [0.2, 0.25) is 0 Å². The summed E-state index contributed by atoms with van der Waals surface area (Å²) >= 11 is 3.64. The Kier molecular flexibility index (Phi) is 8.38. The first-order valence-corrected chi connectivity index (χ1v) is 15.6. The first-order valence-electron chi connectivity index (χ1n) is 14.8. The number of nitrogens with one attached hydrogen (secondary N) is 1. The van der Waals surface area contributed by atoms with E-state index < -0.39 is 5.92 Å². The van der Waals surface area contributed by atoms with Crippen molar-refractivity contribution < 1.29 is 28.6 Å². The number of amides is 1. The fourth-order valence-corrected chi connectivity index (χ4v) is 6.89. The number of benzene rings is 2. The van der Waals surface area contributed by atoms with Crippen molar-refractivity contribution in [3.63, 3.8) is 0 Å². The summed E-state index contributed by atoms with van der Waals surface area (Å²) in [7, 11) is 0. The predicted octanol–water partition coefficient (Wildman–Crippen LogP) is 7.88. The molecule has 8 heteroatoms. The predicted molar refractivity (Wildman–Crippen MR) is 169 cm³/mol. The number of carbonyl (C=O) groups is 3. The molecule has 0 fully saturated rings. The van der Waals surface area contributed by atoms with E-state index in [0.29, 0.717) is 76.6 Å². The van der Waals surface area contributed by atoms with Crippen LogP contribution < -0.4 is 14.8 Å². The first kappa shape index (κ1) is 31.0. The van der Waals surface area contributed by atoms with Crippen molar-refractivity contribution in [3.05, 3.63) is 74.2 Å². The lowest BCUT2D eigenvalue weighted by Gasteiger charge is -2.42. The van der Waals surface area contributed by atoms with Crippen LogP contribution >= 0.6 is 15.9 Å². The van der Waals surface area contributed by atoms with Gasteiger partial charge in [-0.05, 0) is 88.5 Å². The van der Waals surface area contributed by atoms with E-state index in [9.17, 15) is 14.4 Å². The van der Waals surface area contributed by atoms with Gasteiger partial charge in [-0.1, -0.05) is 33.8 Å². The van der Waals surface area contributed by atoms with E-state index in [1.165, 1.54) is 0 Å². The minimum atomic E-state index is -0.566.